The van der Waals surface area contributed by atoms with Gasteiger partial charge in [-0.3, -0.25) is 0 Å². The summed E-state index contributed by atoms with van der Waals surface area (Å²) in [6.07, 6.45) is 0.334. The number of carboxylic acids is 1. The molecular weight excluding hydrogens is 240 g/mol. The second-order valence-corrected chi connectivity index (χ2v) is 3.76. The largest absolute Gasteiger partial charge is 0.480 e. The van der Waals surface area contributed by atoms with Gasteiger partial charge in [0, 0.05) is 14.0 Å². The highest BCUT2D eigenvalue weighted by atomic mass is 16.5. The van der Waals surface area contributed by atoms with Crippen molar-refractivity contribution in [3.8, 4) is 0 Å². The first kappa shape index (κ1) is 13.9. The Hall–Kier alpha value is -2.12. The molecule has 1 aromatic heterocycles. The zero-order chi connectivity index (χ0) is 13.7. The summed E-state index contributed by atoms with van der Waals surface area (Å²) in [4.78, 5) is 27.6. The van der Waals surface area contributed by atoms with E-state index < -0.39 is 18.0 Å². The Kier molecular flexibility index (Phi) is 4.64. The van der Waals surface area contributed by atoms with Crippen LogP contribution in [-0.2, 0) is 11.3 Å². The van der Waals surface area contributed by atoms with Gasteiger partial charge in [-0.25, -0.2) is 9.59 Å². The van der Waals surface area contributed by atoms with E-state index in [0.29, 0.717) is 18.1 Å². The van der Waals surface area contributed by atoms with E-state index in [2.05, 4.69) is 15.5 Å². The van der Waals surface area contributed by atoms with Crippen LogP contribution in [0.3, 0.4) is 0 Å². The molecule has 2 amide bonds. The Morgan fingerprint density at radius 1 is 1.56 bits per heavy atom. The Bertz CT molecular complexity index is 431. The Morgan fingerprint density at radius 2 is 2.22 bits per heavy atom. The number of nitrogens with one attached hydrogen (secondary N) is 1. The van der Waals surface area contributed by atoms with Crippen LogP contribution in [-0.4, -0.2) is 45.2 Å². The summed E-state index contributed by atoms with van der Waals surface area (Å²) in [7, 11) is 1.43. The normalized spacial score (nSPS) is 11.9. The number of amides is 2. The highest BCUT2D eigenvalue weighted by molar-refractivity contribution is 5.82. The van der Waals surface area contributed by atoms with Crippen LogP contribution in [0.5, 0.6) is 0 Å². The average Bonchev–Trinajstić information content (AvgIpc) is 2.72. The molecule has 0 saturated carbocycles. The van der Waals surface area contributed by atoms with Gasteiger partial charge in [-0.05, 0) is 6.42 Å². The lowest BCUT2D eigenvalue weighted by molar-refractivity contribution is -0.141. The SMILES string of the molecule is CCC(C(=O)O)N(C)C(=O)NCc1noc(C)n1. The molecule has 2 N–H and O–H groups in total. The molecule has 100 valence electrons. The molecule has 18 heavy (non-hydrogen) atoms. The zero-order valence-electron chi connectivity index (χ0n) is 10.5. The molecule has 0 aliphatic carbocycles. The number of aromatic nitrogens is 2. The van der Waals surface area contributed by atoms with Crippen molar-refractivity contribution in [2.24, 2.45) is 0 Å². The highest BCUT2D eigenvalue weighted by Crippen LogP contribution is 2.02. The fraction of sp³-hybridized carbons (Fsp3) is 0.600. The Balaban J connectivity index is 2.52. The molecule has 8 nitrogen and oxygen atoms in total. The van der Waals surface area contributed by atoms with Crippen LogP contribution in [0.15, 0.2) is 4.52 Å². The lowest BCUT2D eigenvalue weighted by Gasteiger charge is -2.23. The van der Waals surface area contributed by atoms with Gasteiger partial charge in [0.05, 0.1) is 6.54 Å². The molecule has 0 radical (unpaired) electrons. The number of hydrogen-bond donors (Lipinski definition) is 2. The van der Waals surface area contributed by atoms with E-state index >= 15 is 0 Å². The van der Waals surface area contributed by atoms with Crippen molar-refractivity contribution in [1.29, 1.82) is 0 Å². The summed E-state index contributed by atoms with van der Waals surface area (Å²) in [6, 6.07) is -1.34. The number of carbonyl (C=O) groups excluding carboxylic acids is 1. The van der Waals surface area contributed by atoms with E-state index in [9.17, 15) is 9.59 Å². The van der Waals surface area contributed by atoms with Crippen molar-refractivity contribution in [3.05, 3.63) is 11.7 Å². The fourth-order valence-electron chi connectivity index (χ4n) is 1.45. The third kappa shape index (κ3) is 3.44. The topological polar surface area (TPSA) is 109 Å². The van der Waals surface area contributed by atoms with E-state index in [1.807, 2.05) is 0 Å². The molecule has 1 heterocycles. The van der Waals surface area contributed by atoms with Crippen LogP contribution in [0.25, 0.3) is 0 Å². The second-order valence-electron chi connectivity index (χ2n) is 3.76. The molecular formula is C10H16N4O4. The average molecular weight is 256 g/mol. The standard InChI is InChI=1S/C10H16N4O4/c1-4-7(9(15)16)14(3)10(17)11-5-8-12-6(2)18-13-8/h7H,4-5H2,1-3H3,(H,11,17)(H,15,16). The third-order valence-electron chi connectivity index (χ3n) is 2.43. The molecule has 1 atom stereocenters. The molecule has 0 saturated heterocycles. The van der Waals surface area contributed by atoms with Gasteiger partial charge in [-0.1, -0.05) is 12.1 Å². The minimum Gasteiger partial charge on any atom is -0.480 e. The summed E-state index contributed by atoms with van der Waals surface area (Å²) in [5.41, 5.74) is 0. The van der Waals surface area contributed by atoms with Crippen molar-refractivity contribution in [2.45, 2.75) is 32.9 Å². The summed E-state index contributed by atoms with van der Waals surface area (Å²) in [5.74, 6) is -0.284. The lowest BCUT2D eigenvalue weighted by atomic mass is 10.2. The number of aliphatic carboxylic acids is 1. The third-order valence-corrected chi connectivity index (χ3v) is 2.43. The van der Waals surface area contributed by atoms with E-state index in [0.717, 1.165) is 4.90 Å². The summed E-state index contributed by atoms with van der Waals surface area (Å²) < 4.78 is 4.74. The first-order valence-electron chi connectivity index (χ1n) is 5.48. The van der Waals surface area contributed by atoms with Gasteiger partial charge in [-0.2, -0.15) is 4.98 Å². The number of carbonyl (C=O) groups is 2. The van der Waals surface area contributed by atoms with E-state index in [1.165, 1.54) is 7.05 Å². The molecule has 0 bridgehead atoms. The van der Waals surface area contributed by atoms with Crippen LogP contribution >= 0.6 is 0 Å². The number of rotatable bonds is 5. The van der Waals surface area contributed by atoms with Gasteiger partial charge < -0.3 is 19.8 Å². The van der Waals surface area contributed by atoms with Crippen LogP contribution in [0, 0.1) is 6.92 Å². The van der Waals surface area contributed by atoms with Crippen molar-refractivity contribution < 1.29 is 19.2 Å². The predicted molar refractivity (Wildman–Crippen MR) is 60.7 cm³/mol. The molecule has 0 aliphatic rings. The van der Waals surface area contributed by atoms with Gasteiger partial charge in [0.2, 0.25) is 5.89 Å². The van der Waals surface area contributed by atoms with Crippen molar-refractivity contribution in [1.82, 2.24) is 20.4 Å². The van der Waals surface area contributed by atoms with Crippen LogP contribution < -0.4 is 5.32 Å². The maximum Gasteiger partial charge on any atom is 0.326 e. The van der Waals surface area contributed by atoms with E-state index in [1.54, 1.807) is 13.8 Å². The number of urea groups is 1. The van der Waals surface area contributed by atoms with Crippen LogP contribution in [0.2, 0.25) is 0 Å². The van der Waals surface area contributed by atoms with Crippen molar-refractivity contribution in [2.75, 3.05) is 7.05 Å². The molecule has 0 fully saturated rings. The molecule has 1 aromatic rings. The van der Waals surface area contributed by atoms with Crippen LogP contribution in [0.1, 0.15) is 25.1 Å². The van der Waals surface area contributed by atoms with Gasteiger partial charge in [0.15, 0.2) is 5.82 Å². The maximum absolute atomic E-state index is 11.7. The lowest BCUT2D eigenvalue weighted by Crippen LogP contribution is -2.46. The fourth-order valence-corrected chi connectivity index (χ4v) is 1.45. The molecule has 0 aromatic carbocycles. The first-order valence-corrected chi connectivity index (χ1v) is 5.48. The number of likely N-dealkylation sites (N-methyl/N-ethyl adjacent to an activating group) is 1. The number of hydrogen-bond acceptors (Lipinski definition) is 5. The highest BCUT2D eigenvalue weighted by Gasteiger charge is 2.24. The quantitative estimate of drug-likeness (QED) is 0.788. The first-order chi connectivity index (χ1) is 8.45. The molecule has 8 heteroatoms. The van der Waals surface area contributed by atoms with Crippen LogP contribution in [0.4, 0.5) is 4.79 Å². The molecule has 1 unspecified atom stereocenters. The van der Waals surface area contributed by atoms with E-state index in [-0.39, 0.29) is 6.54 Å². The maximum atomic E-state index is 11.7. The predicted octanol–water partition coefficient (Wildman–Crippen LogP) is 0.383. The summed E-state index contributed by atoms with van der Waals surface area (Å²) in [5, 5.41) is 15.1. The minimum atomic E-state index is -1.04. The second kappa shape index (κ2) is 5.99. The molecule has 0 aliphatic heterocycles. The molecule has 0 spiro atoms. The number of nitrogens with zero attached hydrogens (tertiary/aromatic N) is 3. The minimum absolute atomic E-state index is 0.0938. The van der Waals surface area contributed by atoms with E-state index in [4.69, 9.17) is 9.63 Å². The van der Waals surface area contributed by atoms with Gasteiger partial charge in [0.25, 0.3) is 0 Å². The Labute approximate surface area is 104 Å². The van der Waals surface area contributed by atoms with Crippen molar-refractivity contribution >= 4 is 12.0 Å². The summed E-state index contributed by atoms with van der Waals surface area (Å²) >= 11 is 0. The van der Waals surface area contributed by atoms with Gasteiger partial charge >= 0.3 is 12.0 Å². The number of carboxylic acid groups (broad SMARTS) is 1. The summed E-state index contributed by atoms with van der Waals surface area (Å²) in [6.45, 7) is 3.43. The van der Waals surface area contributed by atoms with Gasteiger partial charge in [-0.15, -0.1) is 0 Å². The van der Waals surface area contributed by atoms with Crippen molar-refractivity contribution in [3.63, 3.8) is 0 Å². The monoisotopic (exact) mass is 256 g/mol. The van der Waals surface area contributed by atoms with Gasteiger partial charge in [0.1, 0.15) is 6.04 Å². The number of aryl methyl sites for hydroxylation is 1. The molecule has 1 rings (SSSR count). The Morgan fingerprint density at radius 3 is 2.67 bits per heavy atom. The smallest absolute Gasteiger partial charge is 0.326 e. The zero-order valence-corrected chi connectivity index (χ0v) is 10.5.